The molecule has 2 rings (SSSR count). The Morgan fingerprint density at radius 1 is 1.47 bits per heavy atom. The molecule has 1 aromatic heterocycles. The van der Waals surface area contributed by atoms with Gasteiger partial charge in [0.05, 0.1) is 6.54 Å². The fourth-order valence-corrected chi connectivity index (χ4v) is 2.49. The fraction of sp³-hybridized carbons (Fsp3) is 0.750. The number of rotatable bonds is 3. The first kappa shape index (κ1) is 10.7. The van der Waals surface area contributed by atoms with Crippen LogP contribution in [0.4, 0.5) is 0 Å². The maximum atomic E-state index is 4.23. The van der Waals surface area contributed by atoms with Gasteiger partial charge >= 0.3 is 0 Å². The number of H-pyrrole nitrogens is 1. The van der Waals surface area contributed by atoms with Gasteiger partial charge in [0.15, 0.2) is 0 Å². The molecule has 3 atom stereocenters. The zero-order valence-electron chi connectivity index (χ0n) is 9.66. The van der Waals surface area contributed by atoms with Gasteiger partial charge in [0, 0.05) is 18.4 Å². The highest BCUT2D eigenvalue weighted by molar-refractivity contribution is 4.89. The highest BCUT2D eigenvalue weighted by Gasteiger charge is 2.26. The van der Waals surface area contributed by atoms with E-state index in [4.69, 9.17) is 0 Å². The van der Waals surface area contributed by atoms with E-state index < -0.39 is 0 Å². The zero-order chi connectivity index (χ0) is 10.7. The van der Waals surface area contributed by atoms with Crippen LogP contribution in [0.15, 0.2) is 12.4 Å². The second kappa shape index (κ2) is 4.79. The minimum Gasteiger partial charge on any atom is -0.348 e. The fourth-order valence-electron chi connectivity index (χ4n) is 2.49. The number of imidazole rings is 1. The molecule has 1 saturated carbocycles. The maximum absolute atomic E-state index is 4.23. The SMILES string of the molecule is C[C@@H]1[C@@H](C)CCC[C@H]1NCc1ncc[nH]1. The molecule has 0 unspecified atom stereocenters. The number of aromatic nitrogens is 2. The standard InChI is InChI=1S/C12H21N3/c1-9-4-3-5-11(10(9)2)15-8-12-13-6-7-14-12/h6-7,9-11,15H,3-5,8H2,1-2H3,(H,13,14)/t9-,10+,11+/m0/s1. The first-order chi connectivity index (χ1) is 7.27. The molecule has 3 heteroatoms. The van der Waals surface area contributed by atoms with Crippen molar-refractivity contribution in [3.05, 3.63) is 18.2 Å². The second-order valence-corrected chi connectivity index (χ2v) is 4.79. The molecule has 0 aromatic carbocycles. The molecule has 1 heterocycles. The van der Waals surface area contributed by atoms with E-state index in [1.807, 2.05) is 12.4 Å². The largest absolute Gasteiger partial charge is 0.348 e. The van der Waals surface area contributed by atoms with Gasteiger partial charge in [-0.05, 0) is 18.3 Å². The van der Waals surface area contributed by atoms with Crippen LogP contribution < -0.4 is 5.32 Å². The highest BCUT2D eigenvalue weighted by atomic mass is 15.0. The van der Waals surface area contributed by atoms with Crippen molar-refractivity contribution in [3.63, 3.8) is 0 Å². The van der Waals surface area contributed by atoms with Crippen LogP contribution in [0.1, 0.15) is 38.9 Å². The summed E-state index contributed by atoms with van der Waals surface area (Å²) >= 11 is 0. The van der Waals surface area contributed by atoms with Crippen LogP contribution in [-0.4, -0.2) is 16.0 Å². The van der Waals surface area contributed by atoms with E-state index in [1.54, 1.807) is 0 Å². The summed E-state index contributed by atoms with van der Waals surface area (Å²) in [5.41, 5.74) is 0. The lowest BCUT2D eigenvalue weighted by Gasteiger charge is -2.34. The average Bonchev–Trinajstić information content (AvgIpc) is 2.73. The summed E-state index contributed by atoms with van der Waals surface area (Å²) in [4.78, 5) is 7.36. The van der Waals surface area contributed by atoms with Crippen LogP contribution in [0.5, 0.6) is 0 Å². The van der Waals surface area contributed by atoms with Crippen LogP contribution >= 0.6 is 0 Å². The van der Waals surface area contributed by atoms with E-state index in [9.17, 15) is 0 Å². The smallest absolute Gasteiger partial charge is 0.120 e. The molecule has 1 fully saturated rings. The molecule has 0 spiro atoms. The summed E-state index contributed by atoms with van der Waals surface area (Å²) in [5.74, 6) is 2.68. The van der Waals surface area contributed by atoms with Crippen LogP contribution in [0, 0.1) is 11.8 Å². The molecule has 1 aliphatic rings. The predicted molar refractivity (Wildman–Crippen MR) is 61.4 cm³/mol. The van der Waals surface area contributed by atoms with Crippen LogP contribution in [0.3, 0.4) is 0 Å². The van der Waals surface area contributed by atoms with Crippen molar-refractivity contribution in [1.29, 1.82) is 0 Å². The molecule has 0 amide bonds. The number of nitrogens with zero attached hydrogens (tertiary/aromatic N) is 1. The number of aromatic amines is 1. The summed E-state index contributed by atoms with van der Waals surface area (Å²) in [6.45, 7) is 5.60. The first-order valence-electron chi connectivity index (χ1n) is 5.99. The summed E-state index contributed by atoms with van der Waals surface area (Å²) in [5, 5.41) is 3.61. The predicted octanol–water partition coefficient (Wildman–Crippen LogP) is 2.32. The molecule has 1 aromatic rings. The third-order valence-corrected chi connectivity index (χ3v) is 3.79. The van der Waals surface area contributed by atoms with Crippen molar-refractivity contribution in [2.45, 2.75) is 45.7 Å². The van der Waals surface area contributed by atoms with Gasteiger partial charge in [-0.15, -0.1) is 0 Å². The lowest BCUT2D eigenvalue weighted by Crippen LogP contribution is -2.40. The van der Waals surface area contributed by atoms with Gasteiger partial charge in [-0.3, -0.25) is 0 Å². The Hall–Kier alpha value is -0.830. The molecule has 2 N–H and O–H groups in total. The topological polar surface area (TPSA) is 40.7 Å². The Kier molecular flexibility index (Phi) is 3.41. The van der Waals surface area contributed by atoms with Crippen molar-refractivity contribution in [1.82, 2.24) is 15.3 Å². The Labute approximate surface area is 91.7 Å². The van der Waals surface area contributed by atoms with E-state index in [-0.39, 0.29) is 0 Å². The summed E-state index contributed by atoms with van der Waals surface area (Å²) < 4.78 is 0. The summed E-state index contributed by atoms with van der Waals surface area (Å²) in [6, 6.07) is 0.666. The van der Waals surface area contributed by atoms with Gasteiger partial charge in [-0.2, -0.15) is 0 Å². The molecule has 0 saturated heterocycles. The third-order valence-electron chi connectivity index (χ3n) is 3.79. The molecule has 15 heavy (non-hydrogen) atoms. The van der Waals surface area contributed by atoms with Gasteiger partial charge in [-0.25, -0.2) is 4.98 Å². The lowest BCUT2D eigenvalue weighted by molar-refractivity contribution is 0.205. The summed E-state index contributed by atoms with van der Waals surface area (Å²) in [7, 11) is 0. The number of hydrogen-bond donors (Lipinski definition) is 2. The Bertz CT molecular complexity index is 281. The van der Waals surface area contributed by atoms with Crippen molar-refractivity contribution in [3.8, 4) is 0 Å². The van der Waals surface area contributed by atoms with Gasteiger partial charge in [0.25, 0.3) is 0 Å². The molecule has 0 bridgehead atoms. The van der Waals surface area contributed by atoms with Gasteiger partial charge in [0.1, 0.15) is 5.82 Å². The van der Waals surface area contributed by atoms with Crippen molar-refractivity contribution < 1.29 is 0 Å². The molecular weight excluding hydrogens is 186 g/mol. The van der Waals surface area contributed by atoms with Crippen molar-refractivity contribution in [2.24, 2.45) is 11.8 Å². The van der Waals surface area contributed by atoms with E-state index in [0.29, 0.717) is 6.04 Å². The highest BCUT2D eigenvalue weighted by Crippen LogP contribution is 2.29. The van der Waals surface area contributed by atoms with Gasteiger partial charge in [-0.1, -0.05) is 26.7 Å². The molecule has 0 radical (unpaired) electrons. The lowest BCUT2D eigenvalue weighted by atomic mass is 9.78. The van der Waals surface area contributed by atoms with Crippen molar-refractivity contribution in [2.75, 3.05) is 0 Å². The molecule has 3 nitrogen and oxygen atoms in total. The number of hydrogen-bond acceptors (Lipinski definition) is 2. The molecular formula is C12H21N3. The Morgan fingerprint density at radius 3 is 3.07 bits per heavy atom. The second-order valence-electron chi connectivity index (χ2n) is 4.79. The maximum Gasteiger partial charge on any atom is 0.120 e. The number of nitrogens with one attached hydrogen (secondary N) is 2. The van der Waals surface area contributed by atoms with E-state index >= 15 is 0 Å². The molecule has 1 aliphatic carbocycles. The molecule has 0 aliphatic heterocycles. The average molecular weight is 207 g/mol. The zero-order valence-corrected chi connectivity index (χ0v) is 9.66. The third kappa shape index (κ3) is 2.59. The van der Waals surface area contributed by atoms with E-state index in [1.165, 1.54) is 19.3 Å². The monoisotopic (exact) mass is 207 g/mol. The molecule has 84 valence electrons. The van der Waals surface area contributed by atoms with Gasteiger partial charge in [0.2, 0.25) is 0 Å². The quantitative estimate of drug-likeness (QED) is 0.798. The summed E-state index contributed by atoms with van der Waals surface area (Å²) in [6.07, 6.45) is 7.75. The first-order valence-corrected chi connectivity index (χ1v) is 5.99. The van der Waals surface area contributed by atoms with Crippen LogP contribution in [0.25, 0.3) is 0 Å². The Morgan fingerprint density at radius 2 is 2.33 bits per heavy atom. The van der Waals surface area contributed by atoms with Gasteiger partial charge < -0.3 is 10.3 Å². The van der Waals surface area contributed by atoms with Crippen LogP contribution in [-0.2, 0) is 6.54 Å². The van der Waals surface area contributed by atoms with Crippen molar-refractivity contribution >= 4 is 0 Å². The normalized spacial score (nSPS) is 31.7. The van der Waals surface area contributed by atoms with E-state index in [0.717, 1.165) is 24.2 Å². The minimum atomic E-state index is 0.666. The van der Waals surface area contributed by atoms with E-state index in [2.05, 4.69) is 29.1 Å². The van der Waals surface area contributed by atoms with Crippen LogP contribution in [0.2, 0.25) is 0 Å². The Balaban J connectivity index is 1.83. The minimum absolute atomic E-state index is 0.666.